The van der Waals surface area contributed by atoms with Gasteiger partial charge in [-0.15, -0.1) is 0 Å². The number of aromatic nitrogens is 2. The number of imidazole rings is 1. The summed E-state index contributed by atoms with van der Waals surface area (Å²) in [5.74, 6) is 2.48. The Morgan fingerprint density at radius 2 is 1.60 bits per heavy atom. The van der Waals surface area contributed by atoms with E-state index in [0.717, 1.165) is 29.8 Å². The van der Waals surface area contributed by atoms with Crippen LogP contribution in [0.2, 0.25) is 0 Å². The molecule has 1 aliphatic rings. The molecule has 0 N–H and O–H groups in total. The number of hydrogen-bond acceptors (Lipinski definition) is 1. The van der Waals surface area contributed by atoms with E-state index in [1.54, 1.807) is 0 Å². The van der Waals surface area contributed by atoms with Crippen LogP contribution in [0.5, 0.6) is 0 Å². The maximum absolute atomic E-state index is 4.74. The minimum atomic E-state index is 0.735. The Morgan fingerprint density at radius 3 is 2.37 bits per heavy atom. The topological polar surface area (TPSA) is 17.3 Å². The molecule has 0 bridgehead atoms. The van der Waals surface area contributed by atoms with Crippen LogP contribution >= 0.6 is 0 Å². The number of benzene rings is 3. The van der Waals surface area contributed by atoms with Crippen LogP contribution in [0, 0.1) is 11.8 Å². The van der Waals surface area contributed by atoms with Crippen molar-refractivity contribution in [1.29, 1.82) is 0 Å². The highest BCUT2D eigenvalue weighted by atomic mass is 15.0. The van der Waals surface area contributed by atoms with Gasteiger partial charge in [0.1, 0.15) is 5.65 Å². The lowest BCUT2D eigenvalue weighted by Gasteiger charge is -2.31. The zero-order valence-electron chi connectivity index (χ0n) is 20.8. The Kier molecular flexibility index (Phi) is 5.90. The summed E-state index contributed by atoms with van der Waals surface area (Å²) in [5.41, 5.74) is 7.59. The second-order valence-electron chi connectivity index (χ2n) is 10.7. The second-order valence-corrected chi connectivity index (χ2v) is 10.7. The molecule has 2 aromatic heterocycles. The highest BCUT2D eigenvalue weighted by molar-refractivity contribution is 5.87. The molecule has 0 saturated heterocycles. The van der Waals surface area contributed by atoms with Gasteiger partial charge >= 0.3 is 0 Å². The molecule has 176 valence electrons. The van der Waals surface area contributed by atoms with Crippen molar-refractivity contribution in [2.75, 3.05) is 0 Å². The first-order chi connectivity index (χ1) is 17.2. The Labute approximate surface area is 208 Å². The maximum atomic E-state index is 4.74. The zero-order valence-corrected chi connectivity index (χ0v) is 20.8. The first kappa shape index (κ1) is 22.1. The summed E-state index contributed by atoms with van der Waals surface area (Å²) in [5, 5.41) is 2.53. The normalized spacial score (nSPS) is 18.5. The van der Waals surface area contributed by atoms with E-state index in [0.29, 0.717) is 0 Å². The molecule has 1 saturated carbocycles. The third kappa shape index (κ3) is 4.38. The molecule has 0 aliphatic heterocycles. The molecule has 0 unspecified atom stereocenters. The van der Waals surface area contributed by atoms with Crippen LogP contribution < -0.4 is 0 Å². The van der Waals surface area contributed by atoms with Gasteiger partial charge in [0, 0.05) is 18.8 Å². The van der Waals surface area contributed by atoms with Crippen LogP contribution in [0.15, 0.2) is 91.3 Å². The van der Waals surface area contributed by atoms with Crippen molar-refractivity contribution in [2.45, 2.75) is 51.9 Å². The summed E-state index contributed by atoms with van der Waals surface area (Å²) in [6, 6.07) is 29.2. The van der Waals surface area contributed by atoms with Crippen molar-refractivity contribution in [1.82, 2.24) is 9.38 Å². The third-order valence-corrected chi connectivity index (χ3v) is 8.24. The summed E-state index contributed by atoms with van der Waals surface area (Å²) in [7, 11) is 0. The molecule has 35 heavy (non-hydrogen) atoms. The lowest BCUT2D eigenvalue weighted by atomic mass is 9.75. The largest absolute Gasteiger partial charge is 0.299 e. The number of rotatable bonds is 5. The summed E-state index contributed by atoms with van der Waals surface area (Å²) in [6.07, 6.45) is 10.3. The minimum Gasteiger partial charge on any atom is -0.299 e. The molecular weight excluding hydrogens is 424 g/mol. The van der Waals surface area contributed by atoms with E-state index in [9.17, 15) is 0 Å². The van der Waals surface area contributed by atoms with Crippen molar-refractivity contribution in [3.8, 4) is 11.3 Å². The molecule has 2 heteroatoms. The van der Waals surface area contributed by atoms with Gasteiger partial charge < -0.3 is 0 Å². The van der Waals surface area contributed by atoms with Crippen LogP contribution in [0.1, 0.15) is 62.1 Å². The summed E-state index contributed by atoms with van der Waals surface area (Å²) >= 11 is 0. The summed E-state index contributed by atoms with van der Waals surface area (Å²) < 4.78 is 2.24. The van der Waals surface area contributed by atoms with E-state index < -0.39 is 0 Å². The molecule has 6 rings (SSSR count). The predicted octanol–water partition coefficient (Wildman–Crippen LogP) is 8.68. The average molecular weight is 459 g/mol. The maximum Gasteiger partial charge on any atom is 0.140 e. The van der Waals surface area contributed by atoms with E-state index in [1.165, 1.54) is 64.4 Å². The average Bonchev–Trinajstić information content (AvgIpc) is 3.40. The fraction of sp³-hybridized carbons (Fsp3) is 0.303. The van der Waals surface area contributed by atoms with Gasteiger partial charge in [-0.1, -0.05) is 80.6 Å². The monoisotopic (exact) mass is 458 g/mol. The molecule has 0 amide bonds. The zero-order chi connectivity index (χ0) is 23.8. The molecule has 0 atom stereocenters. The lowest BCUT2D eigenvalue weighted by Crippen LogP contribution is -2.17. The highest BCUT2D eigenvalue weighted by Crippen LogP contribution is 2.38. The standard InChI is InChI=1S/C33H34N2/c1-23(2)25-11-13-28(14-12-25)27-9-7-24(8-10-27)21-31-17-18-32(35-20-19-34-33(31)35)30-16-15-26-5-3-4-6-29(26)22-30/h3-10,15-20,22-23,25,28H,11-14,21H2,1-2H3. The Balaban J connectivity index is 1.23. The van der Waals surface area contributed by atoms with Crippen molar-refractivity contribution < 1.29 is 0 Å². The minimum absolute atomic E-state index is 0.735. The first-order valence-corrected chi connectivity index (χ1v) is 13.2. The van der Waals surface area contributed by atoms with Crippen LogP contribution in [0.3, 0.4) is 0 Å². The third-order valence-electron chi connectivity index (χ3n) is 8.24. The smallest absolute Gasteiger partial charge is 0.140 e. The van der Waals surface area contributed by atoms with E-state index in [2.05, 4.69) is 103 Å². The van der Waals surface area contributed by atoms with Crippen molar-refractivity contribution in [3.63, 3.8) is 0 Å². The number of pyridine rings is 1. The van der Waals surface area contributed by atoms with Crippen molar-refractivity contribution >= 4 is 16.4 Å². The SMILES string of the molecule is CC(C)C1CCC(c2ccc(Cc3ccc(-c4ccc5ccccc5c4)n4ccnc34)cc2)CC1. The molecule has 2 heterocycles. The first-order valence-electron chi connectivity index (χ1n) is 13.2. The fourth-order valence-electron chi connectivity index (χ4n) is 6.04. The van der Waals surface area contributed by atoms with Crippen molar-refractivity contribution in [2.24, 2.45) is 11.8 Å². The molecular formula is C33H34N2. The molecule has 2 nitrogen and oxygen atoms in total. The molecule has 0 spiro atoms. The van der Waals surface area contributed by atoms with Gasteiger partial charge in [0.25, 0.3) is 0 Å². The van der Waals surface area contributed by atoms with E-state index >= 15 is 0 Å². The lowest BCUT2D eigenvalue weighted by molar-refractivity contribution is 0.259. The molecule has 1 aliphatic carbocycles. The summed E-state index contributed by atoms with van der Waals surface area (Å²) in [4.78, 5) is 4.74. The second kappa shape index (κ2) is 9.34. The van der Waals surface area contributed by atoms with E-state index in [-0.39, 0.29) is 0 Å². The van der Waals surface area contributed by atoms with Crippen LogP contribution in [0.4, 0.5) is 0 Å². The number of hydrogen-bond donors (Lipinski definition) is 0. The molecule has 3 aromatic carbocycles. The van der Waals surface area contributed by atoms with Gasteiger partial charge in [-0.3, -0.25) is 4.40 Å². The van der Waals surface area contributed by atoms with Gasteiger partial charge in [0.15, 0.2) is 0 Å². The van der Waals surface area contributed by atoms with E-state index in [1.807, 2.05) is 6.20 Å². The highest BCUT2D eigenvalue weighted by Gasteiger charge is 2.24. The molecule has 5 aromatic rings. The number of nitrogens with zero attached hydrogens (tertiary/aromatic N) is 2. The predicted molar refractivity (Wildman–Crippen MR) is 147 cm³/mol. The Morgan fingerprint density at radius 1 is 0.829 bits per heavy atom. The van der Waals surface area contributed by atoms with Gasteiger partial charge in [0.2, 0.25) is 0 Å². The quantitative estimate of drug-likeness (QED) is 0.257. The molecule has 0 radical (unpaired) electrons. The Hall–Kier alpha value is -3.39. The van der Waals surface area contributed by atoms with Crippen LogP contribution in [-0.4, -0.2) is 9.38 Å². The van der Waals surface area contributed by atoms with Gasteiger partial charge in [-0.25, -0.2) is 4.98 Å². The van der Waals surface area contributed by atoms with E-state index in [4.69, 9.17) is 4.98 Å². The van der Waals surface area contributed by atoms with Gasteiger partial charge in [-0.2, -0.15) is 0 Å². The fourth-order valence-corrected chi connectivity index (χ4v) is 6.04. The van der Waals surface area contributed by atoms with Gasteiger partial charge in [0.05, 0.1) is 5.69 Å². The summed E-state index contributed by atoms with van der Waals surface area (Å²) in [6.45, 7) is 4.76. The van der Waals surface area contributed by atoms with Crippen LogP contribution in [-0.2, 0) is 6.42 Å². The van der Waals surface area contributed by atoms with Gasteiger partial charge in [-0.05, 0) is 88.6 Å². The van der Waals surface area contributed by atoms with Crippen molar-refractivity contribution in [3.05, 3.63) is 108 Å². The molecule has 1 fully saturated rings. The number of fused-ring (bicyclic) bond motifs is 2. The van der Waals surface area contributed by atoms with Crippen LogP contribution in [0.25, 0.3) is 27.7 Å². The Bertz CT molecular complexity index is 1450.